The van der Waals surface area contributed by atoms with Crippen LogP contribution in [0.4, 0.5) is 5.69 Å². The first-order chi connectivity index (χ1) is 8.75. The van der Waals surface area contributed by atoms with Gasteiger partial charge in [0.25, 0.3) is 0 Å². The minimum Gasteiger partial charge on any atom is -0.396 e. The zero-order valence-corrected chi connectivity index (χ0v) is 9.99. The van der Waals surface area contributed by atoms with E-state index in [2.05, 4.69) is 10.2 Å². The molecule has 1 aromatic carbocycles. The predicted molar refractivity (Wildman–Crippen MR) is 70.2 cm³/mol. The van der Waals surface area contributed by atoms with Crippen LogP contribution >= 0.6 is 0 Å². The number of hydrogen-bond donors (Lipinski definition) is 1. The maximum absolute atomic E-state index is 6.01. The molecule has 18 heavy (non-hydrogen) atoms. The summed E-state index contributed by atoms with van der Waals surface area (Å²) in [6, 6.07) is 11.8. The van der Waals surface area contributed by atoms with E-state index in [1.165, 1.54) is 0 Å². The lowest BCUT2D eigenvalue weighted by atomic mass is 10.3. The van der Waals surface area contributed by atoms with Crippen LogP contribution in [0.3, 0.4) is 0 Å². The predicted octanol–water partition coefficient (Wildman–Crippen LogP) is 1.85. The number of hydrogen-bond acceptors (Lipinski definition) is 3. The van der Waals surface area contributed by atoms with Crippen LogP contribution in [0.2, 0.25) is 0 Å². The summed E-state index contributed by atoms with van der Waals surface area (Å²) < 4.78 is 3.53. The Morgan fingerprint density at radius 3 is 2.56 bits per heavy atom. The van der Waals surface area contributed by atoms with Crippen molar-refractivity contribution in [3.8, 4) is 17.1 Å². The lowest BCUT2D eigenvalue weighted by molar-refractivity contribution is 0.769. The number of nitrogen functional groups attached to an aromatic ring is 1. The van der Waals surface area contributed by atoms with Crippen LogP contribution in [-0.4, -0.2) is 19.6 Å². The summed E-state index contributed by atoms with van der Waals surface area (Å²) in [5.74, 6) is 0. The van der Waals surface area contributed by atoms with E-state index in [-0.39, 0.29) is 0 Å². The second-order valence-electron chi connectivity index (χ2n) is 4.05. The molecule has 0 saturated carbocycles. The molecule has 3 aromatic rings. The van der Waals surface area contributed by atoms with Crippen molar-refractivity contribution in [3.05, 3.63) is 48.8 Å². The van der Waals surface area contributed by atoms with Gasteiger partial charge in [-0.05, 0) is 18.2 Å². The Morgan fingerprint density at radius 1 is 1.11 bits per heavy atom. The van der Waals surface area contributed by atoms with Gasteiger partial charge in [-0.1, -0.05) is 18.2 Å². The molecule has 0 atom stereocenters. The van der Waals surface area contributed by atoms with Crippen LogP contribution in [0.15, 0.2) is 48.8 Å². The minimum absolute atomic E-state index is 0.641. The summed E-state index contributed by atoms with van der Waals surface area (Å²) in [4.78, 5) is 0. The lowest BCUT2D eigenvalue weighted by Crippen LogP contribution is -1.97. The summed E-state index contributed by atoms with van der Waals surface area (Å²) in [5.41, 5.74) is 9.29. The van der Waals surface area contributed by atoms with Gasteiger partial charge in [0.2, 0.25) is 0 Å². The van der Waals surface area contributed by atoms with Gasteiger partial charge in [0.05, 0.1) is 23.3 Å². The zero-order valence-electron chi connectivity index (χ0n) is 9.99. The number of benzene rings is 1. The fourth-order valence-electron chi connectivity index (χ4n) is 1.91. The van der Waals surface area contributed by atoms with E-state index < -0.39 is 0 Å². The van der Waals surface area contributed by atoms with Crippen molar-refractivity contribution in [1.29, 1.82) is 0 Å². The van der Waals surface area contributed by atoms with Gasteiger partial charge in [0.15, 0.2) is 0 Å². The summed E-state index contributed by atoms with van der Waals surface area (Å²) in [7, 11) is 1.87. The average molecular weight is 239 g/mol. The number of nitrogens with two attached hydrogens (primary N) is 1. The molecule has 5 heteroatoms. The molecule has 2 aromatic heterocycles. The van der Waals surface area contributed by atoms with Crippen molar-refractivity contribution in [2.24, 2.45) is 7.05 Å². The van der Waals surface area contributed by atoms with Crippen LogP contribution in [0.25, 0.3) is 17.1 Å². The van der Waals surface area contributed by atoms with Gasteiger partial charge in [-0.3, -0.25) is 4.68 Å². The standard InChI is InChI=1S/C13H13N5/c1-17-12(7-8-15-17)13-11(14)9-18(16-13)10-5-3-2-4-6-10/h2-9H,14H2,1H3. The van der Waals surface area contributed by atoms with Gasteiger partial charge in [-0.2, -0.15) is 10.2 Å². The molecule has 0 aliphatic rings. The molecule has 0 unspecified atom stereocenters. The van der Waals surface area contributed by atoms with Crippen LogP contribution in [0.1, 0.15) is 0 Å². The monoisotopic (exact) mass is 239 g/mol. The topological polar surface area (TPSA) is 61.7 Å². The number of anilines is 1. The van der Waals surface area contributed by atoms with Gasteiger partial charge in [0.1, 0.15) is 5.69 Å². The first kappa shape index (κ1) is 10.6. The Balaban J connectivity index is 2.10. The van der Waals surface area contributed by atoms with Gasteiger partial charge in [-0.25, -0.2) is 4.68 Å². The number of aryl methyl sites for hydroxylation is 1. The third-order valence-electron chi connectivity index (χ3n) is 2.83. The summed E-state index contributed by atoms with van der Waals surface area (Å²) >= 11 is 0. The minimum atomic E-state index is 0.641. The maximum Gasteiger partial charge on any atom is 0.134 e. The van der Waals surface area contributed by atoms with Gasteiger partial charge in [-0.15, -0.1) is 0 Å². The Kier molecular flexibility index (Phi) is 2.37. The molecule has 2 heterocycles. The second kappa shape index (κ2) is 4.03. The van der Waals surface area contributed by atoms with E-state index in [0.29, 0.717) is 5.69 Å². The molecule has 90 valence electrons. The summed E-state index contributed by atoms with van der Waals surface area (Å²) in [6.45, 7) is 0. The molecule has 0 fully saturated rings. The van der Waals surface area contributed by atoms with Gasteiger partial charge in [0, 0.05) is 13.2 Å². The first-order valence-corrected chi connectivity index (χ1v) is 5.64. The average Bonchev–Trinajstić information content (AvgIpc) is 2.96. The lowest BCUT2D eigenvalue weighted by Gasteiger charge is -2.00. The largest absolute Gasteiger partial charge is 0.396 e. The molecule has 0 radical (unpaired) electrons. The zero-order chi connectivity index (χ0) is 12.5. The van der Waals surface area contributed by atoms with Crippen molar-refractivity contribution >= 4 is 5.69 Å². The van der Waals surface area contributed by atoms with Gasteiger partial charge < -0.3 is 5.73 Å². The highest BCUT2D eigenvalue weighted by atomic mass is 15.3. The van der Waals surface area contributed by atoms with Crippen LogP contribution in [0, 0.1) is 0 Å². The van der Waals surface area contributed by atoms with E-state index >= 15 is 0 Å². The molecule has 0 aliphatic carbocycles. The molecule has 0 aliphatic heterocycles. The van der Waals surface area contributed by atoms with E-state index in [1.807, 2.05) is 49.6 Å². The quantitative estimate of drug-likeness (QED) is 0.742. The molecular weight excluding hydrogens is 226 g/mol. The third kappa shape index (κ3) is 1.66. The van der Waals surface area contributed by atoms with Crippen molar-refractivity contribution in [3.63, 3.8) is 0 Å². The normalized spacial score (nSPS) is 10.7. The van der Waals surface area contributed by atoms with Crippen molar-refractivity contribution in [2.75, 3.05) is 5.73 Å². The number of para-hydroxylation sites is 1. The molecule has 5 nitrogen and oxygen atoms in total. The molecular formula is C13H13N5. The molecule has 3 rings (SSSR count). The van der Waals surface area contributed by atoms with Crippen LogP contribution < -0.4 is 5.73 Å². The van der Waals surface area contributed by atoms with Crippen LogP contribution in [0.5, 0.6) is 0 Å². The van der Waals surface area contributed by atoms with E-state index in [1.54, 1.807) is 15.6 Å². The fraction of sp³-hybridized carbons (Fsp3) is 0.0769. The van der Waals surface area contributed by atoms with Crippen molar-refractivity contribution < 1.29 is 0 Å². The first-order valence-electron chi connectivity index (χ1n) is 5.64. The van der Waals surface area contributed by atoms with Crippen molar-refractivity contribution in [2.45, 2.75) is 0 Å². The Bertz CT molecular complexity index is 666. The maximum atomic E-state index is 6.01. The van der Waals surface area contributed by atoms with Crippen LogP contribution in [-0.2, 0) is 7.05 Å². The Labute approximate surface area is 104 Å². The second-order valence-corrected chi connectivity index (χ2v) is 4.05. The van der Waals surface area contributed by atoms with E-state index in [9.17, 15) is 0 Å². The highest BCUT2D eigenvalue weighted by molar-refractivity contribution is 5.69. The molecule has 0 amide bonds. The Hall–Kier alpha value is -2.56. The third-order valence-corrected chi connectivity index (χ3v) is 2.83. The summed E-state index contributed by atoms with van der Waals surface area (Å²) in [5, 5.41) is 8.64. The fourth-order valence-corrected chi connectivity index (χ4v) is 1.91. The number of nitrogens with zero attached hydrogens (tertiary/aromatic N) is 4. The molecule has 0 bridgehead atoms. The summed E-state index contributed by atoms with van der Waals surface area (Å²) in [6.07, 6.45) is 3.55. The SMILES string of the molecule is Cn1nccc1-c1nn(-c2ccccc2)cc1N. The highest BCUT2D eigenvalue weighted by Gasteiger charge is 2.12. The number of rotatable bonds is 2. The highest BCUT2D eigenvalue weighted by Crippen LogP contribution is 2.24. The van der Waals surface area contributed by atoms with Gasteiger partial charge >= 0.3 is 0 Å². The molecule has 0 spiro atoms. The van der Waals surface area contributed by atoms with E-state index in [4.69, 9.17) is 5.73 Å². The Morgan fingerprint density at radius 2 is 1.89 bits per heavy atom. The molecule has 2 N–H and O–H groups in total. The smallest absolute Gasteiger partial charge is 0.134 e. The molecule has 0 saturated heterocycles. The number of aromatic nitrogens is 4. The van der Waals surface area contributed by atoms with E-state index in [0.717, 1.165) is 17.1 Å². The van der Waals surface area contributed by atoms with Crippen molar-refractivity contribution in [1.82, 2.24) is 19.6 Å².